The lowest BCUT2D eigenvalue weighted by molar-refractivity contribution is -0.0528. The highest BCUT2D eigenvalue weighted by Crippen LogP contribution is 2.36. The van der Waals surface area contributed by atoms with E-state index in [1.807, 2.05) is 31.2 Å². The molecule has 9 nitrogen and oxygen atoms in total. The number of thiazole rings is 1. The van der Waals surface area contributed by atoms with E-state index in [9.17, 15) is 13.6 Å². The minimum atomic E-state index is -2.97. The standard InChI is InChI=1S/C25H24F2N4O5S/c1-14-10-17(22-19(11-14)30-21(13-29-22)36-24(26)27)23-31-18-3-2-16(12-20(18)37-23)34-9-6-28-25(32)35-15-4-7-33-8-5-15/h2-3,10-13,15,24H,4-9H2,1H3,(H,28,32). The summed E-state index contributed by atoms with van der Waals surface area (Å²) in [6, 6.07) is 9.25. The van der Waals surface area contributed by atoms with Gasteiger partial charge in [-0.2, -0.15) is 8.78 Å². The molecule has 37 heavy (non-hydrogen) atoms. The van der Waals surface area contributed by atoms with Crippen molar-refractivity contribution in [2.24, 2.45) is 0 Å². The molecule has 194 valence electrons. The second kappa shape index (κ2) is 11.2. The van der Waals surface area contributed by atoms with Crippen LogP contribution < -0.4 is 14.8 Å². The number of hydrogen-bond donors (Lipinski definition) is 1. The van der Waals surface area contributed by atoms with Gasteiger partial charge in [0.1, 0.15) is 23.5 Å². The summed E-state index contributed by atoms with van der Waals surface area (Å²) in [5, 5.41) is 3.42. The van der Waals surface area contributed by atoms with Crippen molar-refractivity contribution in [3.05, 3.63) is 42.1 Å². The number of nitrogens with zero attached hydrogens (tertiary/aromatic N) is 3. The van der Waals surface area contributed by atoms with Crippen molar-refractivity contribution in [1.82, 2.24) is 20.3 Å². The zero-order chi connectivity index (χ0) is 25.8. The molecule has 12 heteroatoms. The Labute approximate surface area is 214 Å². The molecule has 1 N–H and O–H groups in total. The van der Waals surface area contributed by atoms with Crippen LogP contribution in [0.4, 0.5) is 13.6 Å². The maximum atomic E-state index is 12.6. The van der Waals surface area contributed by atoms with Crippen LogP contribution in [0, 0.1) is 6.92 Å². The number of nitrogens with one attached hydrogen (secondary N) is 1. The highest BCUT2D eigenvalue weighted by molar-refractivity contribution is 7.21. The lowest BCUT2D eigenvalue weighted by Gasteiger charge is -2.22. The first kappa shape index (κ1) is 25.0. The number of halogens is 2. The number of rotatable bonds is 8. The van der Waals surface area contributed by atoms with E-state index < -0.39 is 12.7 Å². The number of alkyl halides is 2. The first-order chi connectivity index (χ1) is 17.9. The zero-order valence-electron chi connectivity index (χ0n) is 19.9. The van der Waals surface area contributed by atoms with Gasteiger partial charge in [-0.3, -0.25) is 0 Å². The number of carbonyl (C=O) groups excluding carboxylic acids is 1. The van der Waals surface area contributed by atoms with Crippen LogP contribution in [-0.4, -0.2) is 60.1 Å². The Morgan fingerprint density at radius 3 is 2.84 bits per heavy atom. The fourth-order valence-corrected chi connectivity index (χ4v) is 4.99. The van der Waals surface area contributed by atoms with Gasteiger partial charge in [0.25, 0.3) is 0 Å². The quantitative estimate of drug-likeness (QED) is 0.314. The van der Waals surface area contributed by atoms with Crippen molar-refractivity contribution >= 4 is 38.7 Å². The highest BCUT2D eigenvalue weighted by atomic mass is 32.1. The molecule has 4 aromatic rings. The molecule has 0 radical (unpaired) electrons. The van der Waals surface area contributed by atoms with Crippen LogP contribution in [0.3, 0.4) is 0 Å². The smallest absolute Gasteiger partial charge is 0.407 e. The van der Waals surface area contributed by atoms with Gasteiger partial charge >= 0.3 is 12.7 Å². The number of hydrogen-bond acceptors (Lipinski definition) is 9. The summed E-state index contributed by atoms with van der Waals surface area (Å²) in [4.78, 5) is 25.1. The monoisotopic (exact) mass is 530 g/mol. The maximum absolute atomic E-state index is 12.6. The van der Waals surface area contributed by atoms with Crippen LogP contribution >= 0.6 is 11.3 Å². The van der Waals surface area contributed by atoms with Crippen molar-refractivity contribution in [2.45, 2.75) is 32.5 Å². The molecule has 0 atom stereocenters. The van der Waals surface area contributed by atoms with Crippen LogP contribution in [0.15, 0.2) is 36.5 Å². The second-order valence-electron chi connectivity index (χ2n) is 8.41. The number of aromatic nitrogens is 3. The normalized spacial score (nSPS) is 14.3. The Hall–Kier alpha value is -3.64. The van der Waals surface area contributed by atoms with Crippen LogP contribution in [-0.2, 0) is 9.47 Å². The minimum Gasteiger partial charge on any atom is -0.492 e. The van der Waals surface area contributed by atoms with Gasteiger partial charge in [0.15, 0.2) is 0 Å². The summed E-state index contributed by atoms with van der Waals surface area (Å²) in [5.41, 5.74) is 3.41. The first-order valence-electron chi connectivity index (χ1n) is 11.7. The average Bonchev–Trinajstić information content (AvgIpc) is 3.29. The Kier molecular flexibility index (Phi) is 7.56. The van der Waals surface area contributed by atoms with Crippen LogP contribution in [0.2, 0.25) is 0 Å². The lowest BCUT2D eigenvalue weighted by atomic mass is 10.1. The van der Waals surface area contributed by atoms with E-state index in [-0.39, 0.29) is 18.6 Å². The Bertz CT molecular complexity index is 1410. The van der Waals surface area contributed by atoms with Crippen molar-refractivity contribution in [2.75, 3.05) is 26.4 Å². The first-order valence-corrected chi connectivity index (χ1v) is 12.5. The second-order valence-corrected chi connectivity index (χ2v) is 9.44. The highest BCUT2D eigenvalue weighted by Gasteiger charge is 2.18. The van der Waals surface area contributed by atoms with E-state index in [0.29, 0.717) is 49.4 Å². The lowest BCUT2D eigenvalue weighted by Crippen LogP contribution is -2.34. The van der Waals surface area contributed by atoms with Crippen molar-refractivity contribution in [3.8, 4) is 22.2 Å². The third kappa shape index (κ3) is 6.20. The van der Waals surface area contributed by atoms with E-state index in [0.717, 1.165) is 26.4 Å². The van der Waals surface area contributed by atoms with Crippen LogP contribution in [0.1, 0.15) is 18.4 Å². The number of aryl methyl sites for hydroxylation is 1. The molecular weight excluding hydrogens is 506 g/mol. The summed E-state index contributed by atoms with van der Waals surface area (Å²) < 4.78 is 46.9. The van der Waals surface area contributed by atoms with Gasteiger partial charge in [0.05, 0.1) is 47.2 Å². The van der Waals surface area contributed by atoms with Crippen molar-refractivity contribution in [1.29, 1.82) is 0 Å². The molecule has 2 aromatic carbocycles. The third-order valence-corrected chi connectivity index (χ3v) is 6.70. The molecule has 1 aliphatic heterocycles. The molecular formula is C25H24F2N4O5S. The molecule has 1 saturated heterocycles. The summed E-state index contributed by atoms with van der Waals surface area (Å²) in [5.74, 6) is 0.404. The Balaban J connectivity index is 1.25. The molecule has 1 aliphatic rings. The summed E-state index contributed by atoms with van der Waals surface area (Å²) in [6.45, 7) is 0.706. The molecule has 0 aliphatic carbocycles. The molecule has 2 aromatic heterocycles. The van der Waals surface area contributed by atoms with E-state index in [1.54, 1.807) is 6.07 Å². The van der Waals surface area contributed by atoms with E-state index >= 15 is 0 Å². The summed E-state index contributed by atoms with van der Waals surface area (Å²) >= 11 is 1.46. The van der Waals surface area contributed by atoms with Gasteiger partial charge in [-0.15, -0.1) is 11.3 Å². The number of alkyl carbamates (subject to hydrolysis) is 1. The molecule has 0 saturated carbocycles. The van der Waals surface area contributed by atoms with Crippen LogP contribution in [0.25, 0.3) is 31.8 Å². The van der Waals surface area contributed by atoms with E-state index in [1.165, 1.54) is 17.5 Å². The molecule has 5 rings (SSSR count). The maximum Gasteiger partial charge on any atom is 0.407 e. The number of carbonyl (C=O) groups is 1. The predicted octanol–water partition coefficient (Wildman–Crippen LogP) is 5.10. The fraction of sp³-hybridized carbons (Fsp3) is 0.360. The van der Waals surface area contributed by atoms with Gasteiger partial charge in [0.2, 0.25) is 5.88 Å². The predicted molar refractivity (Wildman–Crippen MR) is 133 cm³/mol. The van der Waals surface area contributed by atoms with Gasteiger partial charge in [-0.25, -0.2) is 19.7 Å². The summed E-state index contributed by atoms with van der Waals surface area (Å²) in [6.07, 6.45) is 2.03. The molecule has 1 fully saturated rings. The zero-order valence-corrected chi connectivity index (χ0v) is 20.7. The largest absolute Gasteiger partial charge is 0.492 e. The SMILES string of the molecule is Cc1cc(-c2nc3ccc(OCCNC(=O)OC4CCOCC4)cc3s2)c2ncc(OC(F)F)nc2c1. The number of ether oxygens (including phenoxy) is 4. The van der Waals surface area contributed by atoms with Crippen molar-refractivity contribution in [3.63, 3.8) is 0 Å². The Morgan fingerprint density at radius 1 is 1.19 bits per heavy atom. The number of fused-ring (bicyclic) bond motifs is 2. The fourth-order valence-electron chi connectivity index (χ4n) is 3.98. The molecule has 1 amide bonds. The minimum absolute atomic E-state index is 0.109. The number of amides is 1. The van der Waals surface area contributed by atoms with E-state index in [4.69, 9.17) is 19.2 Å². The summed E-state index contributed by atoms with van der Waals surface area (Å²) in [7, 11) is 0. The van der Waals surface area contributed by atoms with Crippen LogP contribution in [0.5, 0.6) is 11.6 Å². The van der Waals surface area contributed by atoms with Crippen molar-refractivity contribution < 1.29 is 32.5 Å². The molecule has 0 spiro atoms. The average molecular weight is 531 g/mol. The topological polar surface area (TPSA) is 105 Å². The number of benzene rings is 2. The van der Waals surface area contributed by atoms with Gasteiger partial charge < -0.3 is 24.3 Å². The van der Waals surface area contributed by atoms with Gasteiger partial charge in [-0.1, -0.05) is 0 Å². The van der Waals surface area contributed by atoms with E-state index in [2.05, 4.69) is 20.0 Å². The Morgan fingerprint density at radius 2 is 2.03 bits per heavy atom. The molecule has 3 heterocycles. The molecule has 0 bridgehead atoms. The molecule has 0 unspecified atom stereocenters. The van der Waals surface area contributed by atoms with Gasteiger partial charge in [-0.05, 0) is 42.8 Å². The third-order valence-electron chi connectivity index (χ3n) is 5.65. The van der Waals surface area contributed by atoms with Gasteiger partial charge in [0, 0.05) is 18.4 Å².